The summed E-state index contributed by atoms with van der Waals surface area (Å²) in [6.07, 6.45) is 5.80. The lowest BCUT2D eigenvalue weighted by molar-refractivity contribution is -0.138. The molecular formula is C43H46N8O7. The van der Waals surface area contributed by atoms with E-state index in [1.54, 1.807) is 11.1 Å². The number of imidazole rings is 2. The number of amides is 4. The van der Waals surface area contributed by atoms with Gasteiger partial charge in [0.2, 0.25) is 5.91 Å². The zero-order valence-corrected chi connectivity index (χ0v) is 32.6. The van der Waals surface area contributed by atoms with E-state index in [1.807, 2.05) is 66.6 Å². The number of piperidine rings is 1. The van der Waals surface area contributed by atoms with Gasteiger partial charge in [0.1, 0.15) is 36.6 Å². The van der Waals surface area contributed by atoms with Crippen molar-refractivity contribution in [1.82, 2.24) is 40.4 Å². The predicted octanol–water partition coefficient (Wildman–Crippen LogP) is 6.27. The van der Waals surface area contributed by atoms with Gasteiger partial charge in [-0.25, -0.2) is 19.6 Å². The number of methoxy groups -OCH3 is 2. The SMILES string of the molecule is CCCN(Cc1ncc(-c2ccc3c(c2)COc2cc(-c4cnc([C@@H]5[C@H]6CC[C@H](C6)N5C(=O)[C@H](NC(=O)OC)c5ccccc5)[nH]4)ccc2-3)[nH]1)C(=O)CNC(=O)OC. The van der Waals surface area contributed by atoms with Gasteiger partial charge in [0, 0.05) is 23.7 Å². The third-order valence-corrected chi connectivity index (χ3v) is 11.3. The summed E-state index contributed by atoms with van der Waals surface area (Å²) in [5.41, 5.74) is 7.26. The number of H-pyrrole nitrogens is 2. The Hall–Kier alpha value is -6.64. The van der Waals surface area contributed by atoms with Crippen molar-refractivity contribution in [2.24, 2.45) is 5.92 Å². The molecule has 2 aromatic heterocycles. The van der Waals surface area contributed by atoms with Crippen LogP contribution in [0.3, 0.4) is 0 Å². The van der Waals surface area contributed by atoms with Crippen LogP contribution in [-0.4, -0.2) is 87.1 Å². The van der Waals surface area contributed by atoms with Crippen molar-refractivity contribution in [2.45, 2.75) is 63.9 Å². The van der Waals surface area contributed by atoms with Crippen LogP contribution < -0.4 is 15.4 Å². The second-order valence-electron chi connectivity index (χ2n) is 14.9. The van der Waals surface area contributed by atoms with E-state index in [2.05, 4.69) is 48.5 Å². The molecule has 2 bridgehead atoms. The molecule has 2 aliphatic heterocycles. The monoisotopic (exact) mass is 786 g/mol. The van der Waals surface area contributed by atoms with Crippen LogP contribution >= 0.6 is 0 Å². The van der Waals surface area contributed by atoms with Gasteiger partial charge in [0.05, 0.1) is 50.6 Å². The highest BCUT2D eigenvalue weighted by atomic mass is 16.5. The zero-order valence-electron chi connectivity index (χ0n) is 32.6. The van der Waals surface area contributed by atoms with E-state index in [4.69, 9.17) is 14.5 Å². The number of nitrogens with zero attached hydrogens (tertiary/aromatic N) is 4. The second-order valence-corrected chi connectivity index (χ2v) is 14.9. The van der Waals surface area contributed by atoms with Crippen LogP contribution in [0, 0.1) is 5.92 Å². The Morgan fingerprint density at radius 2 is 1.66 bits per heavy atom. The number of aromatic amines is 2. The Morgan fingerprint density at radius 1 is 0.914 bits per heavy atom. The van der Waals surface area contributed by atoms with Gasteiger partial charge in [-0.15, -0.1) is 0 Å². The average Bonchev–Trinajstić information content (AvgIpc) is 4.10. The van der Waals surface area contributed by atoms with Gasteiger partial charge >= 0.3 is 12.2 Å². The number of likely N-dealkylation sites (tertiary alicyclic amines) is 1. The molecular weight excluding hydrogens is 741 g/mol. The number of benzene rings is 3. The van der Waals surface area contributed by atoms with Crippen LogP contribution in [0.4, 0.5) is 9.59 Å². The number of hydrogen-bond donors (Lipinski definition) is 4. The smallest absolute Gasteiger partial charge is 0.407 e. The average molecular weight is 787 g/mol. The highest BCUT2D eigenvalue weighted by Crippen LogP contribution is 2.51. The van der Waals surface area contributed by atoms with Gasteiger partial charge in [-0.05, 0) is 72.1 Å². The number of aromatic nitrogens is 4. The lowest BCUT2D eigenvalue weighted by Gasteiger charge is -2.36. The molecule has 58 heavy (non-hydrogen) atoms. The summed E-state index contributed by atoms with van der Waals surface area (Å²) in [6.45, 7) is 3.00. The third kappa shape index (κ3) is 7.59. The molecule has 300 valence electrons. The molecule has 15 nitrogen and oxygen atoms in total. The molecule has 4 N–H and O–H groups in total. The summed E-state index contributed by atoms with van der Waals surface area (Å²) >= 11 is 0. The topological polar surface area (TPSA) is 184 Å². The number of alkyl carbamates (subject to hydrolysis) is 2. The molecule has 5 aromatic rings. The van der Waals surface area contributed by atoms with Crippen LogP contribution in [0.15, 0.2) is 79.1 Å². The van der Waals surface area contributed by atoms with Crippen molar-refractivity contribution in [3.63, 3.8) is 0 Å². The molecule has 4 heterocycles. The highest BCUT2D eigenvalue weighted by molar-refractivity contribution is 5.88. The fraction of sp³-hybridized carbons (Fsp3) is 0.349. The van der Waals surface area contributed by atoms with Crippen molar-refractivity contribution in [1.29, 1.82) is 0 Å². The fourth-order valence-corrected chi connectivity index (χ4v) is 8.54. The molecule has 1 saturated heterocycles. The summed E-state index contributed by atoms with van der Waals surface area (Å²) in [5, 5.41) is 5.21. The lowest BCUT2D eigenvalue weighted by Crippen LogP contribution is -2.47. The molecule has 4 atom stereocenters. The van der Waals surface area contributed by atoms with Crippen LogP contribution in [0.25, 0.3) is 33.6 Å². The number of carbonyl (C=O) groups excluding carboxylic acids is 4. The first-order valence-corrected chi connectivity index (χ1v) is 19.6. The van der Waals surface area contributed by atoms with Crippen molar-refractivity contribution in [3.05, 3.63) is 102 Å². The van der Waals surface area contributed by atoms with Crippen molar-refractivity contribution in [3.8, 4) is 39.4 Å². The van der Waals surface area contributed by atoms with Crippen molar-refractivity contribution >= 4 is 24.0 Å². The summed E-state index contributed by atoms with van der Waals surface area (Å²) in [5.74, 6) is 1.96. The predicted molar refractivity (Wildman–Crippen MR) is 213 cm³/mol. The first-order valence-electron chi connectivity index (χ1n) is 19.6. The number of fused-ring (bicyclic) bond motifs is 5. The van der Waals surface area contributed by atoms with E-state index in [-0.39, 0.29) is 42.9 Å². The first kappa shape index (κ1) is 38.2. The molecule has 0 radical (unpaired) electrons. The molecule has 15 heteroatoms. The molecule has 4 amide bonds. The molecule has 1 aliphatic carbocycles. The molecule has 8 rings (SSSR count). The minimum absolute atomic E-state index is 0.0599. The number of ether oxygens (including phenoxy) is 3. The van der Waals surface area contributed by atoms with Crippen LogP contribution in [0.2, 0.25) is 0 Å². The van der Waals surface area contributed by atoms with E-state index < -0.39 is 18.2 Å². The van der Waals surface area contributed by atoms with Gasteiger partial charge in [-0.3, -0.25) is 9.59 Å². The van der Waals surface area contributed by atoms with Crippen LogP contribution in [-0.2, 0) is 32.2 Å². The molecule has 1 saturated carbocycles. The van der Waals surface area contributed by atoms with Crippen LogP contribution in [0.5, 0.6) is 5.75 Å². The normalized spacial score (nSPS) is 18.1. The minimum atomic E-state index is -0.888. The highest BCUT2D eigenvalue weighted by Gasteiger charge is 2.51. The van der Waals surface area contributed by atoms with Gasteiger partial charge < -0.3 is 44.6 Å². The molecule has 2 fully saturated rings. The molecule has 0 unspecified atom stereocenters. The van der Waals surface area contributed by atoms with Gasteiger partial charge in [-0.2, -0.15) is 0 Å². The molecule has 3 aliphatic rings. The zero-order chi connectivity index (χ0) is 40.3. The maximum atomic E-state index is 14.3. The van der Waals surface area contributed by atoms with Gasteiger partial charge in [-0.1, -0.05) is 55.5 Å². The Bertz CT molecular complexity index is 2320. The third-order valence-electron chi connectivity index (χ3n) is 11.3. The maximum absolute atomic E-state index is 14.3. The van der Waals surface area contributed by atoms with Crippen LogP contribution in [0.1, 0.15) is 67.5 Å². The Morgan fingerprint density at radius 3 is 2.43 bits per heavy atom. The summed E-state index contributed by atoms with van der Waals surface area (Å²) < 4.78 is 15.8. The maximum Gasteiger partial charge on any atom is 0.407 e. The number of hydrogen-bond acceptors (Lipinski definition) is 9. The lowest BCUT2D eigenvalue weighted by atomic mass is 9.93. The Labute approximate surface area is 335 Å². The van der Waals surface area contributed by atoms with Gasteiger partial charge in [0.15, 0.2) is 0 Å². The Balaban J connectivity index is 0.980. The number of rotatable bonds is 12. The van der Waals surface area contributed by atoms with Crippen molar-refractivity contribution < 1.29 is 33.4 Å². The minimum Gasteiger partial charge on any atom is -0.488 e. The molecule has 3 aromatic carbocycles. The standard InChI is InChI=1S/C43H46N8O7/c1-4-16-50(37(52)22-46-42(54)56-2)23-36-44-20-33(47-36)26-11-14-31-29(17-26)24-58-35-19-27(12-15-32(31)35)34-21-45-40(48-34)39-28-10-13-30(18-28)51(39)41(53)38(49-43(55)57-3)25-8-6-5-7-9-25/h5-9,11-12,14-15,17,19-21,28,30,38-39H,4,10,13,16,18,22-24H2,1-3H3,(H,44,47)(H,45,48)(H,46,54)(H,49,55)/t28-,30+,38+,39-/m0/s1. The van der Waals surface area contributed by atoms with E-state index in [1.165, 1.54) is 14.2 Å². The quantitative estimate of drug-likeness (QED) is 0.113. The molecule has 0 spiro atoms. The van der Waals surface area contributed by atoms with E-state index in [0.717, 1.165) is 76.5 Å². The number of nitrogens with one attached hydrogen (secondary N) is 4. The summed E-state index contributed by atoms with van der Waals surface area (Å²) in [6, 6.07) is 20.5. The Kier molecular flexibility index (Phi) is 10.8. The largest absolute Gasteiger partial charge is 0.488 e. The summed E-state index contributed by atoms with van der Waals surface area (Å²) in [7, 11) is 2.55. The van der Waals surface area contributed by atoms with E-state index in [0.29, 0.717) is 24.5 Å². The van der Waals surface area contributed by atoms with Gasteiger partial charge in [0.25, 0.3) is 5.91 Å². The second kappa shape index (κ2) is 16.5. The van der Waals surface area contributed by atoms with E-state index >= 15 is 0 Å². The summed E-state index contributed by atoms with van der Waals surface area (Å²) in [4.78, 5) is 70.8. The number of carbonyl (C=O) groups is 4. The van der Waals surface area contributed by atoms with Crippen molar-refractivity contribution in [2.75, 3.05) is 27.3 Å². The first-order chi connectivity index (χ1) is 28.2. The fourth-order valence-electron chi connectivity index (χ4n) is 8.54. The van der Waals surface area contributed by atoms with E-state index in [9.17, 15) is 19.2 Å².